The fourth-order valence-corrected chi connectivity index (χ4v) is 5.20. The van der Waals surface area contributed by atoms with E-state index in [9.17, 15) is 4.79 Å². The van der Waals surface area contributed by atoms with Gasteiger partial charge in [0.2, 0.25) is 5.91 Å². The van der Waals surface area contributed by atoms with Crippen molar-refractivity contribution in [2.24, 2.45) is 11.8 Å². The number of nitrogens with one attached hydrogen (secondary N) is 1. The Kier molecular flexibility index (Phi) is 4.15. The van der Waals surface area contributed by atoms with Gasteiger partial charge in [0.1, 0.15) is 0 Å². The lowest BCUT2D eigenvalue weighted by molar-refractivity contribution is -0.128. The third-order valence-electron chi connectivity index (χ3n) is 5.94. The van der Waals surface area contributed by atoms with E-state index in [0.29, 0.717) is 11.8 Å². The third-order valence-corrected chi connectivity index (χ3v) is 5.94. The zero-order valence-corrected chi connectivity index (χ0v) is 15.3. The molecule has 25 heavy (non-hydrogen) atoms. The second kappa shape index (κ2) is 6.33. The molecule has 1 N–H and O–H groups in total. The molecule has 0 spiro atoms. The molecule has 2 heteroatoms. The maximum Gasteiger partial charge on any atom is 0.224 e. The van der Waals surface area contributed by atoms with Crippen molar-refractivity contribution in [2.75, 3.05) is 0 Å². The van der Waals surface area contributed by atoms with Crippen LogP contribution >= 0.6 is 0 Å². The summed E-state index contributed by atoms with van der Waals surface area (Å²) in [5, 5.41) is 3.21. The van der Waals surface area contributed by atoms with E-state index >= 15 is 0 Å². The van der Waals surface area contributed by atoms with Crippen LogP contribution < -0.4 is 5.32 Å². The minimum atomic E-state index is 0.0390. The number of fused-ring (bicyclic) bond motifs is 1. The first kappa shape index (κ1) is 16.4. The molecule has 2 aromatic carbocycles. The molecule has 3 aliphatic rings. The van der Waals surface area contributed by atoms with E-state index in [1.54, 1.807) is 0 Å². The van der Waals surface area contributed by atoms with Crippen molar-refractivity contribution in [3.05, 3.63) is 70.8 Å². The molecule has 130 valence electrons. The van der Waals surface area contributed by atoms with E-state index in [0.717, 1.165) is 12.8 Å². The van der Waals surface area contributed by atoms with E-state index in [1.807, 2.05) is 0 Å². The molecule has 0 unspecified atom stereocenters. The maximum absolute atomic E-state index is 13.2. The Morgan fingerprint density at radius 2 is 1.40 bits per heavy atom. The molecule has 0 aliphatic heterocycles. The molecule has 3 aliphatic carbocycles. The van der Waals surface area contributed by atoms with E-state index < -0.39 is 0 Å². The van der Waals surface area contributed by atoms with Crippen LogP contribution in [0.25, 0.3) is 0 Å². The number of rotatable bonds is 4. The molecular formula is C23H27NO. The third kappa shape index (κ3) is 2.50. The number of hydrogen-bond acceptors (Lipinski definition) is 1. The Labute approximate surface area is 150 Å². The van der Waals surface area contributed by atoms with Gasteiger partial charge in [0, 0.05) is 17.9 Å². The number of carbonyl (C=O) groups is 1. The van der Waals surface area contributed by atoms with Gasteiger partial charge in [-0.05, 0) is 48.4 Å². The topological polar surface area (TPSA) is 29.1 Å². The number of amides is 1. The number of hydrogen-bond donors (Lipinski definition) is 1. The summed E-state index contributed by atoms with van der Waals surface area (Å²) in [5.74, 6) is 1.19. The van der Waals surface area contributed by atoms with Gasteiger partial charge >= 0.3 is 0 Å². The van der Waals surface area contributed by atoms with E-state index in [1.165, 1.54) is 22.3 Å². The summed E-state index contributed by atoms with van der Waals surface area (Å²) in [6, 6.07) is 17.7. The highest BCUT2D eigenvalue weighted by Gasteiger charge is 2.51. The minimum Gasteiger partial charge on any atom is -0.354 e. The maximum atomic E-state index is 13.2. The first-order valence-electron chi connectivity index (χ1n) is 9.61. The van der Waals surface area contributed by atoms with Crippen LogP contribution in [0.4, 0.5) is 0 Å². The van der Waals surface area contributed by atoms with Gasteiger partial charge in [-0.3, -0.25) is 4.79 Å². The molecule has 0 aromatic heterocycles. The van der Waals surface area contributed by atoms with Crippen LogP contribution in [0.15, 0.2) is 48.5 Å². The van der Waals surface area contributed by atoms with Crippen LogP contribution in [-0.2, 0) is 4.79 Å². The van der Waals surface area contributed by atoms with E-state index in [4.69, 9.17) is 0 Å². The van der Waals surface area contributed by atoms with Crippen molar-refractivity contribution in [3.8, 4) is 0 Å². The van der Waals surface area contributed by atoms with Crippen molar-refractivity contribution >= 4 is 5.91 Å². The van der Waals surface area contributed by atoms with Crippen LogP contribution in [0.2, 0.25) is 0 Å². The summed E-state index contributed by atoms with van der Waals surface area (Å²) >= 11 is 0. The molecule has 0 radical (unpaired) electrons. The lowest BCUT2D eigenvalue weighted by atomic mass is 9.53. The van der Waals surface area contributed by atoms with Gasteiger partial charge in [0.05, 0.1) is 5.92 Å². The van der Waals surface area contributed by atoms with Crippen LogP contribution in [0.1, 0.15) is 67.7 Å². The lowest BCUT2D eigenvalue weighted by Crippen LogP contribution is -2.48. The van der Waals surface area contributed by atoms with Gasteiger partial charge in [0.15, 0.2) is 0 Å². The van der Waals surface area contributed by atoms with Gasteiger partial charge in [-0.2, -0.15) is 0 Å². The second-order valence-corrected chi connectivity index (χ2v) is 7.85. The Balaban J connectivity index is 1.90. The molecular weight excluding hydrogens is 306 g/mol. The molecule has 2 bridgehead atoms. The highest BCUT2D eigenvalue weighted by atomic mass is 16.2. The largest absolute Gasteiger partial charge is 0.354 e. The van der Waals surface area contributed by atoms with Crippen molar-refractivity contribution in [1.82, 2.24) is 5.32 Å². The standard InChI is InChI=1S/C23H27NO/c1-4-9-19-20-15-10-5-7-12-17(15)21(18-13-8-6-11-16(18)20)22(19)23(25)24-14(2)3/h5-8,10-14,19-22H,4,9H2,1-3H3,(H,24,25)/t19-,20?,21?,22-/m0/s1. The fraction of sp³-hybridized carbons (Fsp3) is 0.435. The lowest BCUT2D eigenvalue weighted by Gasteiger charge is -2.50. The molecule has 1 amide bonds. The predicted molar refractivity (Wildman–Crippen MR) is 102 cm³/mol. The molecule has 0 saturated heterocycles. The summed E-state index contributed by atoms with van der Waals surface area (Å²) in [4.78, 5) is 13.2. The molecule has 0 fully saturated rings. The normalized spacial score (nSPS) is 26.2. The quantitative estimate of drug-likeness (QED) is 0.853. The van der Waals surface area contributed by atoms with Crippen molar-refractivity contribution in [1.29, 1.82) is 0 Å². The zero-order valence-electron chi connectivity index (χ0n) is 15.3. The Hall–Kier alpha value is -2.09. The van der Waals surface area contributed by atoms with Gasteiger partial charge in [-0.25, -0.2) is 0 Å². The van der Waals surface area contributed by atoms with E-state index in [2.05, 4.69) is 74.6 Å². The highest BCUT2D eigenvalue weighted by Crippen LogP contribution is 2.59. The monoisotopic (exact) mass is 333 g/mol. The summed E-state index contributed by atoms with van der Waals surface area (Å²) in [5.41, 5.74) is 5.61. The first-order chi connectivity index (χ1) is 12.1. The molecule has 5 rings (SSSR count). The number of carbonyl (C=O) groups excluding carboxylic acids is 1. The van der Waals surface area contributed by atoms with Gasteiger partial charge in [-0.1, -0.05) is 61.9 Å². The predicted octanol–water partition coefficient (Wildman–Crippen LogP) is 4.83. The van der Waals surface area contributed by atoms with Gasteiger partial charge in [0.25, 0.3) is 0 Å². The van der Waals surface area contributed by atoms with Crippen LogP contribution in [0.3, 0.4) is 0 Å². The summed E-state index contributed by atoms with van der Waals surface area (Å²) in [6.07, 6.45) is 2.21. The van der Waals surface area contributed by atoms with Crippen LogP contribution in [0, 0.1) is 11.8 Å². The molecule has 2 nitrogen and oxygen atoms in total. The molecule has 2 atom stereocenters. The Morgan fingerprint density at radius 3 is 1.84 bits per heavy atom. The van der Waals surface area contributed by atoms with E-state index in [-0.39, 0.29) is 23.8 Å². The summed E-state index contributed by atoms with van der Waals surface area (Å²) in [6.45, 7) is 6.34. The second-order valence-electron chi connectivity index (χ2n) is 7.85. The van der Waals surface area contributed by atoms with Crippen molar-refractivity contribution in [3.63, 3.8) is 0 Å². The summed E-state index contributed by atoms with van der Waals surface area (Å²) < 4.78 is 0. The van der Waals surface area contributed by atoms with Crippen molar-refractivity contribution < 1.29 is 4.79 Å². The first-order valence-corrected chi connectivity index (χ1v) is 9.61. The average molecular weight is 333 g/mol. The van der Waals surface area contributed by atoms with Gasteiger partial charge < -0.3 is 5.32 Å². The fourth-order valence-electron chi connectivity index (χ4n) is 5.20. The minimum absolute atomic E-state index is 0.0390. The zero-order chi connectivity index (χ0) is 17.6. The van der Waals surface area contributed by atoms with Crippen LogP contribution in [-0.4, -0.2) is 11.9 Å². The van der Waals surface area contributed by atoms with Gasteiger partial charge in [-0.15, -0.1) is 0 Å². The summed E-state index contributed by atoms with van der Waals surface area (Å²) in [7, 11) is 0. The molecule has 0 heterocycles. The highest BCUT2D eigenvalue weighted by molar-refractivity contribution is 5.83. The van der Waals surface area contributed by atoms with Crippen LogP contribution in [0.5, 0.6) is 0 Å². The average Bonchev–Trinajstić information content (AvgIpc) is 2.61. The van der Waals surface area contributed by atoms with Crippen molar-refractivity contribution in [2.45, 2.75) is 51.5 Å². The SMILES string of the molecule is CCC[C@H]1C2c3ccccc3C(c3ccccc32)[C@H]1C(=O)NC(C)C. The smallest absolute Gasteiger partial charge is 0.224 e. The molecule has 0 saturated carbocycles. The Bertz CT molecular complexity index is 747. The Morgan fingerprint density at radius 1 is 0.920 bits per heavy atom. The number of benzene rings is 2. The molecule has 2 aromatic rings.